The van der Waals surface area contributed by atoms with Crippen LogP contribution in [0.15, 0.2) is 66.7 Å². The average Bonchev–Trinajstić information content (AvgIpc) is 2.89. The molecule has 0 spiro atoms. The fourth-order valence-corrected chi connectivity index (χ4v) is 4.12. The van der Waals surface area contributed by atoms with Gasteiger partial charge < -0.3 is 30.0 Å². The third kappa shape index (κ3) is 8.74. The number of rotatable bonds is 10. The normalized spacial score (nSPS) is 12.1. The molecule has 214 valence electrons. The monoisotopic (exact) mass is 548 g/mol. The molecule has 3 rings (SSSR count). The summed E-state index contributed by atoms with van der Waals surface area (Å²) < 4.78 is 16.4. The third-order valence-electron chi connectivity index (χ3n) is 6.05. The van der Waals surface area contributed by atoms with E-state index in [1.165, 1.54) is 12.0 Å². The van der Waals surface area contributed by atoms with Crippen molar-refractivity contribution in [1.29, 1.82) is 0 Å². The van der Waals surface area contributed by atoms with E-state index < -0.39 is 23.8 Å². The van der Waals surface area contributed by atoms with Crippen LogP contribution in [0.1, 0.15) is 62.2 Å². The van der Waals surface area contributed by atoms with Crippen molar-refractivity contribution in [2.75, 3.05) is 25.9 Å². The van der Waals surface area contributed by atoms with Crippen molar-refractivity contribution >= 4 is 17.7 Å². The standard InChI is InChI=1S/C32H40N2O6/c1-21(2)39-29-19-24(14-15-27(29)30(36)38-6)23-12-10-22(11-13-23)16-17-34(31(37)40-32(3,4)5)20-28(35)25-8-7-9-26(33)18-25/h7-15,18-19,21,28,35H,16-17,20,33H2,1-6H3/t28-/m0/s1. The van der Waals surface area contributed by atoms with Gasteiger partial charge in [-0.2, -0.15) is 0 Å². The lowest BCUT2D eigenvalue weighted by atomic mass is 10.0. The van der Waals surface area contributed by atoms with Crippen LogP contribution in [0.4, 0.5) is 10.5 Å². The lowest BCUT2D eigenvalue weighted by molar-refractivity contribution is 0.0147. The molecule has 0 aliphatic heterocycles. The van der Waals surface area contributed by atoms with Crippen LogP contribution in [0.2, 0.25) is 0 Å². The Kier molecular flexibility index (Phi) is 10.2. The summed E-state index contributed by atoms with van der Waals surface area (Å²) in [6.45, 7) is 9.66. The molecule has 0 saturated heterocycles. The number of carbonyl (C=O) groups is 2. The Morgan fingerprint density at radius 3 is 2.25 bits per heavy atom. The minimum absolute atomic E-state index is 0.0711. The third-order valence-corrected chi connectivity index (χ3v) is 6.05. The number of aliphatic hydroxyl groups excluding tert-OH is 1. The van der Waals surface area contributed by atoms with Gasteiger partial charge in [0.15, 0.2) is 0 Å². The zero-order chi connectivity index (χ0) is 29.4. The Morgan fingerprint density at radius 2 is 1.65 bits per heavy atom. The maximum absolute atomic E-state index is 13.0. The van der Waals surface area contributed by atoms with Crippen molar-refractivity contribution in [1.82, 2.24) is 4.90 Å². The highest BCUT2D eigenvalue weighted by Crippen LogP contribution is 2.29. The Labute approximate surface area is 236 Å². The number of carbonyl (C=O) groups excluding carboxylic acids is 2. The van der Waals surface area contributed by atoms with Gasteiger partial charge in [-0.1, -0.05) is 42.5 Å². The molecule has 0 fully saturated rings. The summed E-state index contributed by atoms with van der Waals surface area (Å²) in [5, 5.41) is 10.8. The molecule has 40 heavy (non-hydrogen) atoms. The number of anilines is 1. The minimum Gasteiger partial charge on any atom is -0.490 e. The second kappa shape index (κ2) is 13.3. The van der Waals surface area contributed by atoms with Gasteiger partial charge in [0, 0.05) is 12.2 Å². The number of esters is 1. The first kappa shape index (κ1) is 30.5. The van der Waals surface area contributed by atoms with Crippen molar-refractivity contribution < 1.29 is 28.9 Å². The predicted octanol–water partition coefficient (Wildman–Crippen LogP) is 6.02. The summed E-state index contributed by atoms with van der Waals surface area (Å²) >= 11 is 0. The van der Waals surface area contributed by atoms with Crippen LogP contribution in [0.5, 0.6) is 5.75 Å². The van der Waals surface area contributed by atoms with Crippen LogP contribution in [0, 0.1) is 0 Å². The van der Waals surface area contributed by atoms with Crippen molar-refractivity contribution in [3.8, 4) is 16.9 Å². The molecule has 0 heterocycles. The number of nitrogen functional groups attached to an aromatic ring is 1. The smallest absolute Gasteiger partial charge is 0.410 e. The molecule has 0 saturated carbocycles. The highest BCUT2D eigenvalue weighted by atomic mass is 16.6. The second-order valence-corrected chi connectivity index (χ2v) is 10.9. The molecule has 3 aromatic rings. The number of aliphatic hydroxyl groups is 1. The van der Waals surface area contributed by atoms with E-state index in [0.717, 1.165) is 16.7 Å². The molecule has 1 atom stereocenters. The maximum atomic E-state index is 13.0. The minimum atomic E-state index is -0.909. The molecule has 0 aromatic heterocycles. The van der Waals surface area contributed by atoms with Gasteiger partial charge in [-0.05, 0) is 87.6 Å². The number of nitrogens with zero attached hydrogens (tertiary/aromatic N) is 1. The summed E-state index contributed by atoms with van der Waals surface area (Å²) in [6, 6.07) is 20.4. The first-order valence-electron chi connectivity index (χ1n) is 13.4. The molecule has 0 aliphatic carbocycles. The molecule has 1 amide bonds. The van der Waals surface area contributed by atoms with Crippen molar-refractivity contribution in [3.05, 3.63) is 83.4 Å². The summed E-state index contributed by atoms with van der Waals surface area (Å²) in [5.41, 5.74) is 9.63. The van der Waals surface area contributed by atoms with Gasteiger partial charge in [0.2, 0.25) is 0 Å². The zero-order valence-electron chi connectivity index (χ0n) is 24.1. The van der Waals surface area contributed by atoms with E-state index in [0.29, 0.717) is 35.5 Å². The van der Waals surface area contributed by atoms with Gasteiger partial charge in [0.1, 0.15) is 16.9 Å². The number of ether oxygens (including phenoxy) is 3. The molecule has 3 N–H and O–H groups in total. The van der Waals surface area contributed by atoms with Crippen LogP contribution in [0.3, 0.4) is 0 Å². The molecule has 0 bridgehead atoms. The van der Waals surface area contributed by atoms with E-state index in [1.807, 2.05) is 71.0 Å². The summed E-state index contributed by atoms with van der Waals surface area (Å²) in [4.78, 5) is 26.7. The van der Waals surface area contributed by atoms with E-state index >= 15 is 0 Å². The van der Waals surface area contributed by atoms with E-state index in [2.05, 4.69) is 0 Å². The molecule has 3 aromatic carbocycles. The van der Waals surface area contributed by atoms with Gasteiger partial charge in [-0.3, -0.25) is 0 Å². The largest absolute Gasteiger partial charge is 0.490 e. The van der Waals surface area contributed by atoms with Gasteiger partial charge in [0.25, 0.3) is 0 Å². The lowest BCUT2D eigenvalue weighted by Crippen LogP contribution is -2.40. The molecule has 8 heteroatoms. The number of methoxy groups -OCH3 is 1. The summed E-state index contributed by atoms with van der Waals surface area (Å²) in [7, 11) is 1.34. The molecule has 8 nitrogen and oxygen atoms in total. The maximum Gasteiger partial charge on any atom is 0.410 e. The first-order chi connectivity index (χ1) is 18.9. The Hall–Kier alpha value is -4.04. The van der Waals surface area contributed by atoms with E-state index in [4.69, 9.17) is 19.9 Å². The van der Waals surface area contributed by atoms with Crippen molar-refractivity contribution in [3.63, 3.8) is 0 Å². The molecule has 0 unspecified atom stereocenters. The molecule has 0 radical (unpaired) electrons. The summed E-state index contributed by atoms with van der Waals surface area (Å²) in [6.07, 6.45) is -0.942. The zero-order valence-corrected chi connectivity index (χ0v) is 24.1. The van der Waals surface area contributed by atoms with E-state index in [-0.39, 0.29) is 12.6 Å². The van der Waals surface area contributed by atoms with Gasteiger partial charge in [0.05, 0.1) is 25.9 Å². The fourth-order valence-electron chi connectivity index (χ4n) is 4.12. The number of benzene rings is 3. The highest BCUT2D eigenvalue weighted by Gasteiger charge is 2.25. The van der Waals surface area contributed by atoms with Crippen LogP contribution in [-0.4, -0.2) is 54.0 Å². The van der Waals surface area contributed by atoms with Crippen LogP contribution in [0.25, 0.3) is 11.1 Å². The fraction of sp³-hybridized carbons (Fsp3) is 0.375. The first-order valence-corrected chi connectivity index (χ1v) is 13.4. The Morgan fingerprint density at radius 1 is 0.975 bits per heavy atom. The highest BCUT2D eigenvalue weighted by molar-refractivity contribution is 5.93. The van der Waals surface area contributed by atoms with Crippen LogP contribution < -0.4 is 10.5 Å². The Balaban J connectivity index is 1.76. The topological polar surface area (TPSA) is 111 Å². The number of hydrogen-bond donors (Lipinski definition) is 2. The lowest BCUT2D eigenvalue weighted by Gasteiger charge is -2.29. The van der Waals surface area contributed by atoms with Crippen molar-refractivity contribution in [2.45, 2.75) is 58.8 Å². The van der Waals surface area contributed by atoms with Gasteiger partial charge in [-0.25, -0.2) is 9.59 Å². The van der Waals surface area contributed by atoms with Crippen LogP contribution >= 0.6 is 0 Å². The molecular formula is C32H40N2O6. The quantitative estimate of drug-likeness (QED) is 0.235. The van der Waals surface area contributed by atoms with Gasteiger partial charge >= 0.3 is 12.1 Å². The van der Waals surface area contributed by atoms with E-state index in [9.17, 15) is 14.7 Å². The number of amides is 1. The number of nitrogens with two attached hydrogens (primary N) is 1. The predicted molar refractivity (Wildman–Crippen MR) is 156 cm³/mol. The average molecular weight is 549 g/mol. The van der Waals surface area contributed by atoms with Crippen LogP contribution in [-0.2, 0) is 15.9 Å². The molecule has 0 aliphatic rings. The number of hydrogen-bond acceptors (Lipinski definition) is 7. The van der Waals surface area contributed by atoms with Crippen molar-refractivity contribution in [2.24, 2.45) is 0 Å². The summed E-state index contributed by atoms with van der Waals surface area (Å²) in [5.74, 6) is 0.0168. The van der Waals surface area contributed by atoms with Gasteiger partial charge in [-0.15, -0.1) is 0 Å². The molecular weight excluding hydrogens is 508 g/mol. The van der Waals surface area contributed by atoms with E-state index in [1.54, 1.807) is 30.3 Å². The SMILES string of the molecule is COC(=O)c1ccc(-c2ccc(CCN(C[C@H](O)c3cccc(N)c3)C(=O)OC(C)(C)C)cc2)cc1OC(C)C. The Bertz CT molecular complexity index is 1300. The second-order valence-electron chi connectivity index (χ2n) is 10.9.